The Bertz CT molecular complexity index is 546. The van der Waals surface area contributed by atoms with Crippen molar-refractivity contribution < 1.29 is 14.5 Å². The Morgan fingerprint density at radius 2 is 2.06 bits per heavy atom. The number of hydrogen-bond donors (Lipinski definition) is 1. The van der Waals surface area contributed by atoms with Crippen molar-refractivity contribution in [2.75, 3.05) is 0 Å². The fourth-order valence-corrected chi connectivity index (χ4v) is 1.58. The Morgan fingerprint density at radius 1 is 1.31 bits per heavy atom. The van der Waals surface area contributed by atoms with E-state index in [0.717, 1.165) is 16.7 Å². The van der Waals surface area contributed by atoms with Crippen LogP contribution in [0.1, 0.15) is 21.6 Å². The van der Waals surface area contributed by atoms with E-state index < -0.39 is 5.97 Å². The van der Waals surface area contributed by atoms with Gasteiger partial charge in [-0.25, -0.2) is 9.42 Å². The molecule has 0 saturated heterocycles. The van der Waals surface area contributed by atoms with E-state index in [9.17, 15) is 4.79 Å². The number of carboxylic acid groups (broad SMARTS) is 1. The van der Waals surface area contributed by atoms with Crippen LogP contribution in [0.5, 0.6) is 0 Å². The zero-order valence-corrected chi connectivity index (χ0v) is 8.89. The van der Waals surface area contributed by atoms with E-state index in [1.807, 2.05) is 32.0 Å². The van der Waals surface area contributed by atoms with Gasteiger partial charge in [-0.05, 0) is 29.7 Å². The second-order valence-electron chi connectivity index (χ2n) is 3.58. The third kappa shape index (κ3) is 1.67. The van der Waals surface area contributed by atoms with Crippen molar-refractivity contribution in [1.82, 2.24) is 10.3 Å². The maximum Gasteiger partial charge on any atom is 0.360 e. The lowest BCUT2D eigenvalue weighted by Gasteiger charge is -2.03. The second kappa shape index (κ2) is 3.77. The van der Waals surface area contributed by atoms with E-state index in [2.05, 4.69) is 14.9 Å². The molecule has 5 nitrogen and oxygen atoms in total. The molecule has 0 spiro atoms. The molecule has 5 heteroatoms. The highest BCUT2D eigenvalue weighted by Crippen LogP contribution is 2.24. The summed E-state index contributed by atoms with van der Waals surface area (Å²) in [5.41, 5.74) is 2.88. The number of benzene rings is 1. The number of carboxylic acids is 1. The van der Waals surface area contributed by atoms with E-state index in [1.54, 1.807) is 0 Å². The summed E-state index contributed by atoms with van der Waals surface area (Å²) in [6.07, 6.45) is 0. The van der Waals surface area contributed by atoms with Crippen LogP contribution in [-0.2, 0) is 0 Å². The van der Waals surface area contributed by atoms with Gasteiger partial charge in [-0.1, -0.05) is 23.8 Å². The average molecular weight is 218 g/mol. The van der Waals surface area contributed by atoms with Crippen molar-refractivity contribution in [2.45, 2.75) is 13.8 Å². The first-order valence-corrected chi connectivity index (χ1v) is 4.73. The number of aromatic nitrogens is 2. The summed E-state index contributed by atoms with van der Waals surface area (Å²) in [5, 5.41) is 15.9. The number of carbonyl (C=O) groups is 1. The maximum atomic E-state index is 10.9. The molecule has 0 unspecified atom stereocenters. The van der Waals surface area contributed by atoms with Crippen molar-refractivity contribution in [1.29, 1.82) is 0 Å². The molecule has 1 heterocycles. The molecule has 82 valence electrons. The van der Waals surface area contributed by atoms with Crippen LogP contribution in [0.2, 0.25) is 0 Å². The largest absolute Gasteiger partial charge is 0.476 e. The van der Waals surface area contributed by atoms with Gasteiger partial charge in [0.15, 0.2) is 0 Å². The Hall–Kier alpha value is -2.17. The van der Waals surface area contributed by atoms with Gasteiger partial charge in [0.1, 0.15) is 5.69 Å². The number of aromatic carboxylic acids is 1. The van der Waals surface area contributed by atoms with Crippen molar-refractivity contribution in [3.05, 3.63) is 35.0 Å². The minimum absolute atomic E-state index is 0.160. The van der Waals surface area contributed by atoms with Crippen molar-refractivity contribution >= 4 is 5.97 Å². The third-order valence-electron chi connectivity index (χ3n) is 2.33. The molecule has 2 aromatic rings. The molecule has 16 heavy (non-hydrogen) atoms. The van der Waals surface area contributed by atoms with E-state index in [-0.39, 0.29) is 11.4 Å². The number of nitrogens with zero attached hydrogens (tertiary/aromatic N) is 2. The van der Waals surface area contributed by atoms with Gasteiger partial charge >= 0.3 is 5.97 Å². The molecule has 1 N–H and O–H groups in total. The quantitative estimate of drug-likeness (QED) is 0.834. The molecule has 1 aromatic heterocycles. The maximum absolute atomic E-state index is 10.9. The van der Waals surface area contributed by atoms with Crippen LogP contribution in [0.25, 0.3) is 11.3 Å². The van der Waals surface area contributed by atoms with E-state index >= 15 is 0 Å². The summed E-state index contributed by atoms with van der Waals surface area (Å²) in [7, 11) is 0. The van der Waals surface area contributed by atoms with Crippen LogP contribution in [0.4, 0.5) is 0 Å². The molecule has 0 amide bonds. The molecule has 1 aromatic carbocycles. The monoisotopic (exact) mass is 218 g/mol. The van der Waals surface area contributed by atoms with Crippen LogP contribution in [-0.4, -0.2) is 21.4 Å². The van der Waals surface area contributed by atoms with Crippen LogP contribution in [0, 0.1) is 13.8 Å². The fraction of sp³-hybridized carbons (Fsp3) is 0.182. The topological polar surface area (TPSA) is 76.2 Å². The summed E-state index contributed by atoms with van der Waals surface area (Å²) < 4.78 is 4.47. The Balaban J connectivity index is 2.59. The molecule has 0 aliphatic heterocycles. The van der Waals surface area contributed by atoms with E-state index in [1.165, 1.54) is 0 Å². The average Bonchev–Trinajstić information content (AvgIpc) is 2.66. The summed E-state index contributed by atoms with van der Waals surface area (Å²) in [6.45, 7) is 3.86. The summed E-state index contributed by atoms with van der Waals surface area (Å²) in [4.78, 5) is 10.9. The van der Waals surface area contributed by atoms with Gasteiger partial charge in [0.25, 0.3) is 0 Å². The molecule has 0 radical (unpaired) electrons. The molecule has 0 saturated carbocycles. The van der Waals surface area contributed by atoms with Gasteiger partial charge in [-0.3, -0.25) is 0 Å². The highest BCUT2D eigenvalue weighted by atomic mass is 16.6. The lowest BCUT2D eigenvalue weighted by Crippen LogP contribution is -2.00. The smallest absolute Gasteiger partial charge is 0.360 e. The fourth-order valence-electron chi connectivity index (χ4n) is 1.58. The molecule has 0 atom stereocenters. The molecule has 0 aliphatic rings. The minimum atomic E-state index is -1.14. The standard InChI is InChI=1S/C11H10N2O3/c1-6-3-4-8(7(2)5-6)9-10(11(14)15)13-16-12-9/h3-5H,1-2H3,(H,14,15). The minimum Gasteiger partial charge on any atom is -0.476 e. The van der Waals surface area contributed by atoms with Crippen LogP contribution < -0.4 is 0 Å². The van der Waals surface area contributed by atoms with Crippen LogP contribution in [0.3, 0.4) is 0 Å². The predicted octanol–water partition coefficient (Wildman–Crippen LogP) is 2.05. The Kier molecular flexibility index (Phi) is 2.44. The molecule has 0 aliphatic carbocycles. The third-order valence-corrected chi connectivity index (χ3v) is 2.33. The van der Waals surface area contributed by atoms with E-state index in [4.69, 9.17) is 5.11 Å². The normalized spacial score (nSPS) is 10.4. The molecule has 2 rings (SSSR count). The highest BCUT2D eigenvalue weighted by Gasteiger charge is 2.19. The highest BCUT2D eigenvalue weighted by molar-refractivity contribution is 5.92. The lowest BCUT2D eigenvalue weighted by atomic mass is 10.0. The van der Waals surface area contributed by atoms with E-state index in [0.29, 0.717) is 0 Å². The van der Waals surface area contributed by atoms with Crippen molar-refractivity contribution in [2.24, 2.45) is 0 Å². The molecule has 0 fully saturated rings. The zero-order chi connectivity index (χ0) is 11.7. The van der Waals surface area contributed by atoms with Gasteiger partial charge in [0.2, 0.25) is 5.69 Å². The van der Waals surface area contributed by atoms with Crippen LogP contribution >= 0.6 is 0 Å². The van der Waals surface area contributed by atoms with Crippen molar-refractivity contribution in [3.8, 4) is 11.3 Å². The number of hydrogen-bond acceptors (Lipinski definition) is 4. The molecular weight excluding hydrogens is 208 g/mol. The van der Waals surface area contributed by atoms with Crippen LogP contribution in [0.15, 0.2) is 22.8 Å². The zero-order valence-electron chi connectivity index (χ0n) is 8.89. The Labute approximate surface area is 91.7 Å². The number of aryl methyl sites for hydroxylation is 2. The molecular formula is C11H10N2O3. The summed E-state index contributed by atoms with van der Waals surface area (Å²) in [6, 6.07) is 5.66. The SMILES string of the molecule is Cc1ccc(-c2nonc2C(=O)O)c(C)c1. The summed E-state index contributed by atoms with van der Waals surface area (Å²) in [5.74, 6) is -1.14. The van der Waals surface area contributed by atoms with Gasteiger partial charge < -0.3 is 5.11 Å². The predicted molar refractivity (Wildman–Crippen MR) is 56.2 cm³/mol. The van der Waals surface area contributed by atoms with Crippen molar-refractivity contribution in [3.63, 3.8) is 0 Å². The Morgan fingerprint density at radius 3 is 2.69 bits per heavy atom. The van der Waals surface area contributed by atoms with Gasteiger partial charge in [-0.15, -0.1) is 0 Å². The van der Waals surface area contributed by atoms with Gasteiger partial charge in [0.05, 0.1) is 0 Å². The first-order chi connectivity index (χ1) is 7.59. The lowest BCUT2D eigenvalue weighted by molar-refractivity contribution is 0.0685. The molecule has 0 bridgehead atoms. The van der Waals surface area contributed by atoms with Gasteiger partial charge in [0, 0.05) is 5.56 Å². The van der Waals surface area contributed by atoms with Gasteiger partial charge in [-0.2, -0.15) is 0 Å². The first-order valence-electron chi connectivity index (χ1n) is 4.73. The first kappa shape index (κ1) is 10.4. The second-order valence-corrected chi connectivity index (χ2v) is 3.58. The number of rotatable bonds is 2. The summed E-state index contributed by atoms with van der Waals surface area (Å²) >= 11 is 0.